The van der Waals surface area contributed by atoms with Gasteiger partial charge in [-0.25, -0.2) is 0 Å². The average molecular weight is 520 g/mol. The highest BCUT2D eigenvalue weighted by molar-refractivity contribution is 7.15. The lowest BCUT2D eigenvalue weighted by atomic mass is 10.1. The predicted molar refractivity (Wildman–Crippen MR) is 124 cm³/mol. The van der Waals surface area contributed by atoms with E-state index in [1.165, 1.54) is 19.3 Å². The quantitative estimate of drug-likeness (QED) is 0.235. The van der Waals surface area contributed by atoms with Crippen LogP contribution >= 0.6 is 11.3 Å². The van der Waals surface area contributed by atoms with Gasteiger partial charge < -0.3 is 18.9 Å². The molecule has 188 valence electrons. The zero-order chi connectivity index (χ0) is 26.1. The van der Waals surface area contributed by atoms with Crippen molar-refractivity contribution < 1.29 is 36.9 Å². The van der Waals surface area contributed by atoms with E-state index in [-0.39, 0.29) is 35.3 Å². The van der Waals surface area contributed by atoms with Crippen LogP contribution in [0.2, 0.25) is 0 Å². The number of amides is 1. The Morgan fingerprint density at radius 3 is 2.33 bits per heavy atom. The molecule has 1 N–H and O–H groups in total. The first-order valence-electron chi connectivity index (χ1n) is 10.1. The fourth-order valence-electron chi connectivity index (χ4n) is 2.74. The minimum Gasteiger partial charge on any atom is -0.497 e. The SMILES string of the molecule is COc1ccc(OCCOc2ccc(C=C(C#N)C(=O)Nc3nnc(C(F)(F)F)s3)cc2OC)cc1. The molecule has 3 aromatic rings. The molecule has 13 heteroatoms. The molecular weight excluding hydrogens is 501 g/mol. The average Bonchev–Trinajstić information content (AvgIpc) is 3.35. The van der Waals surface area contributed by atoms with Crippen LogP contribution in [0.15, 0.2) is 48.0 Å². The van der Waals surface area contributed by atoms with E-state index in [1.54, 1.807) is 49.6 Å². The Bertz CT molecular complexity index is 1270. The van der Waals surface area contributed by atoms with Crippen LogP contribution in [0.5, 0.6) is 23.0 Å². The molecule has 0 spiro atoms. The summed E-state index contributed by atoms with van der Waals surface area (Å²) in [5, 5.41) is 16.1. The molecule has 36 heavy (non-hydrogen) atoms. The van der Waals surface area contributed by atoms with Gasteiger partial charge in [0.1, 0.15) is 36.4 Å². The maximum Gasteiger partial charge on any atom is 0.445 e. The third-order valence-corrected chi connectivity index (χ3v) is 5.30. The number of hydrogen-bond donors (Lipinski definition) is 1. The molecule has 1 amide bonds. The Labute approximate surface area is 207 Å². The van der Waals surface area contributed by atoms with E-state index in [9.17, 15) is 23.2 Å². The van der Waals surface area contributed by atoms with Gasteiger partial charge in [0.2, 0.25) is 10.1 Å². The topological polar surface area (TPSA) is 116 Å². The number of nitrogens with zero attached hydrogens (tertiary/aromatic N) is 3. The predicted octanol–water partition coefficient (Wildman–Crippen LogP) is 4.58. The molecule has 1 heterocycles. The molecule has 9 nitrogen and oxygen atoms in total. The van der Waals surface area contributed by atoms with Crippen LogP contribution in [0.4, 0.5) is 18.3 Å². The van der Waals surface area contributed by atoms with Crippen LogP contribution in [0.25, 0.3) is 6.08 Å². The van der Waals surface area contributed by atoms with Gasteiger partial charge in [-0.2, -0.15) is 18.4 Å². The molecule has 3 rings (SSSR count). The minimum absolute atomic E-state index is 0.152. The Balaban J connectivity index is 1.61. The van der Waals surface area contributed by atoms with Crippen molar-refractivity contribution in [2.24, 2.45) is 0 Å². The second-order valence-electron chi connectivity index (χ2n) is 6.82. The summed E-state index contributed by atoms with van der Waals surface area (Å²) in [6.07, 6.45) is -3.43. The molecule has 0 aliphatic rings. The van der Waals surface area contributed by atoms with Gasteiger partial charge in [0.15, 0.2) is 11.5 Å². The summed E-state index contributed by atoms with van der Waals surface area (Å²) < 4.78 is 59.7. The number of carbonyl (C=O) groups is 1. The smallest absolute Gasteiger partial charge is 0.445 e. The molecule has 0 radical (unpaired) electrons. The summed E-state index contributed by atoms with van der Waals surface area (Å²) in [6, 6.07) is 13.5. The van der Waals surface area contributed by atoms with E-state index in [2.05, 4.69) is 15.5 Å². The number of methoxy groups -OCH3 is 2. The Hall–Kier alpha value is -4.31. The maximum absolute atomic E-state index is 12.7. The molecule has 2 aromatic carbocycles. The van der Waals surface area contributed by atoms with E-state index in [4.69, 9.17) is 18.9 Å². The number of aromatic nitrogens is 2. The van der Waals surface area contributed by atoms with Crippen LogP contribution in [-0.4, -0.2) is 43.5 Å². The van der Waals surface area contributed by atoms with Crippen LogP contribution in [0.1, 0.15) is 10.6 Å². The first kappa shape index (κ1) is 26.3. The standard InChI is InChI=1S/C23H19F3N4O5S/c1-32-16-4-6-17(7-5-16)34-9-10-35-18-8-3-14(12-19(18)33-2)11-15(13-27)20(31)28-22-30-29-21(36-22)23(24,25)26/h3-8,11-12H,9-10H2,1-2H3,(H,28,30,31). The number of rotatable bonds is 10. The summed E-state index contributed by atoms with van der Waals surface area (Å²) in [5.74, 6) is 1.18. The molecular formula is C23H19F3N4O5S. The summed E-state index contributed by atoms with van der Waals surface area (Å²) in [7, 11) is 3.00. The van der Waals surface area contributed by atoms with Crippen molar-refractivity contribution in [3.63, 3.8) is 0 Å². The summed E-state index contributed by atoms with van der Waals surface area (Å²) in [5.41, 5.74) is 0.0657. The van der Waals surface area contributed by atoms with Crippen molar-refractivity contribution in [2.75, 3.05) is 32.8 Å². The first-order valence-corrected chi connectivity index (χ1v) is 11.0. The maximum atomic E-state index is 12.7. The lowest BCUT2D eigenvalue weighted by Gasteiger charge is -2.12. The van der Waals surface area contributed by atoms with Gasteiger partial charge in [0, 0.05) is 0 Å². The van der Waals surface area contributed by atoms with Gasteiger partial charge in [-0.15, -0.1) is 10.2 Å². The zero-order valence-corrected chi connectivity index (χ0v) is 19.8. The summed E-state index contributed by atoms with van der Waals surface area (Å²) in [6.45, 7) is 0.475. The number of carbonyl (C=O) groups excluding carboxylic acids is 1. The fourth-order valence-corrected chi connectivity index (χ4v) is 3.35. The molecule has 0 aliphatic heterocycles. The van der Waals surface area contributed by atoms with Crippen molar-refractivity contribution in [2.45, 2.75) is 6.18 Å². The van der Waals surface area contributed by atoms with Crippen molar-refractivity contribution >= 4 is 28.5 Å². The van der Waals surface area contributed by atoms with Gasteiger partial charge in [0.05, 0.1) is 14.2 Å². The van der Waals surface area contributed by atoms with E-state index in [1.807, 2.05) is 0 Å². The van der Waals surface area contributed by atoms with Crippen LogP contribution < -0.4 is 24.3 Å². The third-order valence-electron chi connectivity index (χ3n) is 4.42. The number of nitrogens with one attached hydrogen (secondary N) is 1. The lowest BCUT2D eigenvalue weighted by Crippen LogP contribution is -2.13. The zero-order valence-electron chi connectivity index (χ0n) is 19.0. The highest BCUT2D eigenvalue weighted by Gasteiger charge is 2.35. The number of alkyl halides is 3. The van der Waals surface area contributed by atoms with Gasteiger partial charge in [-0.05, 0) is 48.0 Å². The van der Waals surface area contributed by atoms with Crippen molar-refractivity contribution in [1.29, 1.82) is 5.26 Å². The molecule has 0 unspecified atom stereocenters. The van der Waals surface area contributed by atoms with Crippen molar-refractivity contribution in [3.05, 3.63) is 58.6 Å². The fraction of sp³-hybridized carbons (Fsp3) is 0.217. The molecule has 0 aliphatic carbocycles. The number of ether oxygens (including phenoxy) is 4. The monoisotopic (exact) mass is 520 g/mol. The number of hydrogen-bond acceptors (Lipinski definition) is 9. The molecule has 0 saturated heterocycles. The lowest BCUT2D eigenvalue weighted by molar-refractivity contribution is -0.138. The van der Waals surface area contributed by atoms with Crippen molar-refractivity contribution in [3.8, 4) is 29.1 Å². The highest BCUT2D eigenvalue weighted by Crippen LogP contribution is 2.33. The van der Waals surface area contributed by atoms with Gasteiger partial charge in [0.25, 0.3) is 5.91 Å². The van der Waals surface area contributed by atoms with Crippen molar-refractivity contribution in [1.82, 2.24) is 10.2 Å². The second-order valence-corrected chi connectivity index (χ2v) is 7.79. The van der Waals surface area contributed by atoms with E-state index in [0.717, 1.165) is 0 Å². The molecule has 0 fully saturated rings. The Kier molecular flexibility index (Phi) is 8.69. The number of nitriles is 1. The van der Waals surface area contributed by atoms with Gasteiger partial charge in [-0.1, -0.05) is 17.4 Å². The Morgan fingerprint density at radius 1 is 1.03 bits per heavy atom. The van der Waals surface area contributed by atoms with E-state index < -0.39 is 17.1 Å². The summed E-state index contributed by atoms with van der Waals surface area (Å²) in [4.78, 5) is 12.3. The third kappa shape index (κ3) is 7.09. The number of anilines is 1. The first-order chi connectivity index (χ1) is 17.2. The second kappa shape index (κ2) is 11.9. The molecule has 0 saturated carbocycles. The van der Waals surface area contributed by atoms with Crippen LogP contribution in [-0.2, 0) is 11.0 Å². The number of halogens is 3. The molecule has 1 aromatic heterocycles. The van der Waals surface area contributed by atoms with Gasteiger partial charge >= 0.3 is 6.18 Å². The number of benzene rings is 2. The van der Waals surface area contributed by atoms with Gasteiger partial charge in [-0.3, -0.25) is 10.1 Å². The molecule has 0 atom stereocenters. The van der Waals surface area contributed by atoms with Crippen LogP contribution in [0, 0.1) is 11.3 Å². The molecule has 0 bridgehead atoms. The largest absolute Gasteiger partial charge is 0.497 e. The highest BCUT2D eigenvalue weighted by atomic mass is 32.1. The van der Waals surface area contributed by atoms with Crippen LogP contribution in [0.3, 0.4) is 0 Å². The normalized spacial score (nSPS) is 11.4. The van der Waals surface area contributed by atoms with E-state index >= 15 is 0 Å². The summed E-state index contributed by atoms with van der Waals surface area (Å²) >= 11 is 0.152. The van der Waals surface area contributed by atoms with E-state index in [0.29, 0.717) is 28.6 Å². The Morgan fingerprint density at radius 2 is 1.72 bits per heavy atom. The minimum atomic E-state index is -4.68.